The zero-order chi connectivity index (χ0) is 13.9. The van der Waals surface area contributed by atoms with Crippen molar-refractivity contribution in [3.05, 3.63) is 28.8 Å². The molecule has 0 heterocycles. The van der Waals surface area contributed by atoms with Gasteiger partial charge in [-0.3, -0.25) is 4.79 Å². The number of benzene rings is 1. The number of rotatable bonds is 4. The molecule has 18 heavy (non-hydrogen) atoms. The summed E-state index contributed by atoms with van der Waals surface area (Å²) in [7, 11) is 0. The van der Waals surface area contributed by atoms with Gasteiger partial charge in [0.1, 0.15) is 5.75 Å². The third-order valence-corrected chi connectivity index (χ3v) is 2.06. The molecule has 0 saturated carbocycles. The molecule has 3 nitrogen and oxygen atoms in total. The van der Waals surface area contributed by atoms with Crippen molar-refractivity contribution in [1.82, 2.24) is 0 Å². The highest BCUT2D eigenvalue weighted by atomic mass is 19.3. The van der Waals surface area contributed by atoms with Crippen molar-refractivity contribution in [3.8, 4) is 11.8 Å². The Morgan fingerprint density at radius 2 is 1.94 bits per heavy atom. The van der Waals surface area contributed by atoms with Gasteiger partial charge >= 0.3 is 6.61 Å². The molecule has 0 radical (unpaired) electrons. The number of hydrogen-bond donors (Lipinski definition) is 0. The normalized spacial score (nSPS) is 10.6. The average molecular weight is 261 g/mol. The summed E-state index contributed by atoms with van der Waals surface area (Å²) in [6.07, 6.45) is -3.07. The van der Waals surface area contributed by atoms with Crippen molar-refractivity contribution in [2.24, 2.45) is 0 Å². The molecule has 0 bridgehead atoms. The van der Waals surface area contributed by atoms with E-state index in [0.29, 0.717) is 0 Å². The van der Waals surface area contributed by atoms with E-state index in [2.05, 4.69) is 4.74 Å². The molecule has 1 aromatic rings. The summed E-state index contributed by atoms with van der Waals surface area (Å²) in [5.74, 6) is -1.56. The van der Waals surface area contributed by atoms with E-state index in [1.807, 2.05) is 0 Å². The second-order valence-electron chi connectivity index (χ2n) is 3.29. The van der Waals surface area contributed by atoms with Crippen molar-refractivity contribution in [2.45, 2.75) is 20.0 Å². The van der Waals surface area contributed by atoms with Gasteiger partial charge in [-0.05, 0) is 19.1 Å². The van der Waals surface area contributed by atoms with E-state index in [0.717, 1.165) is 19.1 Å². The maximum Gasteiger partial charge on any atom is 0.387 e. The van der Waals surface area contributed by atoms with E-state index in [4.69, 9.17) is 5.26 Å². The minimum Gasteiger partial charge on any atom is -0.434 e. The van der Waals surface area contributed by atoms with Crippen molar-refractivity contribution < 1.29 is 27.1 Å². The topological polar surface area (TPSA) is 50.1 Å². The summed E-state index contributed by atoms with van der Waals surface area (Å²) in [6, 6.07) is 3.14. The predicted octanol–water partition coefficient (Wildman–Crippen LogP) is 3.30. The molecule has 7 heteroatoms. The first-order valence-corrected chi connectivity index (χ1v) is 4.68. The van der Waals surface area contributed by atoms with Crippen molar-refractivity contribution in [1.29, 1.82) is 5.26 Å². The SMILES string of the molecule is CC(=O)c1c(OC(F)F)cc(C#N)cc1C(F)F. The van der Waals surface area contributed by atoms with Crippen LogP contribution >= 0.6 is 0 Å². The van der Waals surface area contributed by atoms with Gasteiger partial charge in [-0.1, -0.05) is 0 Å². The Hall–Kier alpha value is -2.10. The van der Waals surface area contributed by atoms with Crippen LogP contribution in [0.3, 0.4) is 0 Å². The molecule has 0 atom stereocenters. The van der Waals surface area contributed by atoms with Gasteiger partial charge in [-0.2, -0.15) is 14.0 Å². The number of halogens is 4. The smallest absolute Gasteiger partial charge is 0.387 e. The average Bonchev–Trinajstić information content (AvgIpc) is 2.26. The Morgan fingerprint density at radius 1 is 1.33 bits per heavy atom. The summed E-state index contributed by atoms with van der Waals surface area (Å²) < 4.78 is 53.7. The first kappa shape index (κ1) is 14.0. The highest BCUT2D eigenvalue weighted by Crippen LogP contribution is 2.32. The van der Waals surface area contributed by atoms with Gasteiger partial charge in [0, 0.05) is 5.56 Å². The number of ketones is 1. The Labute approximate surface area is 99.6 Å². The number of nitrogens with zero attached hydrogens (tertiary/aromatic N) is 1. The first-order valence-electron chi connectivity index (χ1n) is 4.68. The first-order chi connectivity index (χ1) is 8.36. The lowest BCUT2D eigenvalue weighted by atomic mass is 10.0. The molecule has 0 aliphatic heterocycles. The fourth-order valence-corrected chi connectivity index (χ4v) is 1.44. The number of Topliss-reactive ketones (excluding diaryl/α,β-unsaturated/α-hetero) is 1. The maximum absolute atomic E-state index is 12.7. The molecule has 0 spiro atoms. The number of ether oxygens (including phenoxy) is 1. The zero-order valence-electron chi connectivity index (χ0n) is 9.08. The Kier molecular flexibility index (Phi) is 4.26. The number of alkyl halides is 4. The fraction of sp³-hybridized carbons (Fsp3) is 0.273. The quantitative estimate of drug-likeness (QED) is 0.617. The molecule has 1 rings (SSSR count). The highest BCUT2D eigenvalue weighted by molar-refractivity contribution is 5.98. The van der Waals surface area contributed by atoms with E-state index < -0.39 is 35.7 Å². The maximum atomic E-state index is 12.7. The number of nitriles is 1. The molecule has 0 fully saturated rings. The fourth-order valence-electron chi connectivity index (χ4n) is 1.44. The van der Waals surface area contributed by atoms with Crippen LogP contribution < -0.4 is 4.74 Å². The molecular weight excluding hydrogens is 254 g/mol. The Bertz CT molecular complexity index is 509. The van der Waals surface area contributed by atoms with E-state index in [9.17, 15) is 22.4 Å². The number of hydrogen-bond acceptors (Lipinski definition) is 3. The lowest BCUT2D eigenvalue weighted by Crippen LogP contribution is -2.10. The van der Waals surface area contributed by atoms with Crippen LogP contribution in [0, 0.1) is 11.3 Å². The van der Waals surface area contributed by atoms with Crippen molar-refractivity contribution >= 4 is 5.78 Å². The predicted molar refractivity (Wildman–Crippen MR) is 52.8 cm³/mol. The van der Waals surface area contributed by atoms with Crippen LogP contribution in [0.5, 0.6) is 5.75 Å². The number of carbonyl (C=O) groups excluding carboxylic acids is 1. The number of carbonyl (C=O) groups is 1. The summed E-state index contributed by atoms with van der Waals surface area (Å²) in [5, 5.41) is 8.61. The van der Waals surface area contributed by atoms with Crippen molar-refractivity contribution in [3.63, 3.8) is 0 Å². The van der Waals surface area contributed by atoms with Crippen LogP contribution in [-0.4, -0.2) is 12.4 Å². The van der Waals surface area contributed by atoms with Gasteiger partial charge < -0.3 is 4.74 Å². The highest BCUT2D eigenvalue weighted by Gasteiger charge is 2.23. The Balaban J connectivity index is 3.50. The molecule has 1 aromatic carbocycles. The molecule has 0 saturated heterocycles. The molecule has 0 amide bonds. The van der Waals surface area contributed by atoms with Crippen LogP contribution in [0.1, 0.15) is 34.8 Å². The third kappa shape index (κ3) is 2.97. The van der Waals surface area contributed by atoms with Gasteiger partial charge in [0.05, 0.1) is 17.2 Å². The van der Waals surface area contributed by atoms with Gasteiger partial charge in [-0.25, -0.2) is 8.78 Å². The van der Waals surface area contributed by atoms with Gasteiger partial charge in [0.15, 0.2) is 5.78 Å². The molecule has 0 aromatic heterocycles. The molecule has 0 unspecified atom stereocenters. The second-order valence-corrected chi connectivity index (χ2v) is 3.29. The summed E-state index contributed by atoms with van der Waals surface area (Å²) >= 11 is 0. The lowest BCUT2D eigenvalue weighted by Gasteiger charge is -2.13. The Morgan fingerprint density at radius 3 is 2.33 bits per heavy atom. The molecule has 96 valence electrons. The van der Waals surface area contributed by atoms with Crippen molar-refractivity contribution in [2.75, 3.05) is 0 Å². The van der Waals surface area contributed by atoms with Crippen LogP contribution in [-0.2, 0) is 0 Å². The molecular formula is C11H7F4NO2. The van der Waals surface area contributed by atoms with Gasteiger partial charge in [0.25, 0.3) is 6.43 Å². The summed E-state index contributed by atoms with van der Waals surface area (Å²) in [6.45, 7) is -2.33. The lowest BCUT2D eigenvalue weighted by molar-refractivity contribution is -0.0503. The zero-order valence-corrected chi connectivity index (χ0v) is 9.08. The van der Waals surface area contributed by atoms with E-state index in [1.54, 1.807) is 0 Å². The minimum atomic E-state index is -3.28. The largest absolute Gasteiger partial charge is 0.434 e. The van der Waals surface area contributed by atoms with Gasteiger partial charge in [-0.15, -0.1) is 0 Å². The van der Waals surface area contributed by atoms with E-state index in [1.165, 1.54) is 6.07 Å². The van der Waals surface area contributed by atoms with Crippen LogP contribution in [0.25, 0.3) is 0 Å². The van der Waals surface area contributed by atoms with E-state index >= 15 is 0 Å². The van der Waals surface area contributed by atoms with E-state index in [-0.39, 0.29) is 5.56 Å². The monoisotopic (exact) mass is 261 g/mol. The van der Waals surface area contributed by atoms with Crippen LogP contribution in [0.4, 0.5) is 17.6 Å². The summed E-state index contributed by atoms with van der Waals surface area (Å²) in [5.41, 5.74) is -1.72. The molecule has 0 N–H and O–H groups in total. The summed E-state index contributed by atoms with van der Waals surface area (Å²) in [4.78, 5) is 11.2. The minimum absolute atomic E-state index is 0.286. The van der Waals surface area contributed by atoms with Gasteiger partial charge in [0.2, 0.25) is 0 Å². The second kappa shape index (κ2) is 5.49. The third-order valence-electron chi connectivity index (χ3n) is 2.06. The molecule has 0 aliphatic rings. The standard InChI is InChI=1S/C11H7F4NO2/c1-5(17)9-7(10(12)13)2-6(4-16)3-8(9)18-11(14)15/h2-3,10-11H,1H3. The molecule has 0 aliphatic carbocycles. The van der Waals surface area contributed by atoms with Crippen LogP contribution in [0.15, 0.2) is 12.1 Å². The van der Waals surface area contributed by atoms with Crippen LogP contribution in [0.2, 0.25) is 0 Å².